The second kappa shape index (κ2) is 11.4. The minimum atomic E-state index is -0.123. The maximum atomic E-state index is 13.0. The number of benzene rings is 1. The van der Waals surface area contributed by atoms with Crippen molar-refractivity contribution in [3.63, 3.8) is 0 Å². The van der Waals surface area contributed by atoms with Crippen molar-refractivity contribution in [3.8, 4) is 0 Å². The lowest BCUT2D eigenvalue weighted by Crippen LogP contribution is -2.52. The molecular weight excluding hydrogens is 416 g/mol. The Morgan fingerprint density at radius 1 is 1.00 bits per heavy atom. The molecule has 1 aliphatic carbocycles. The van der Waals surface area contributed by atoms with Crippen LogP contribution in [0.4, 0.5) is 4.79 Å². The van der Waals surface area contributed by atoms with Crippen molar-refractivity contribution in [2.24, 2.45) is 0 Å². The quantitative estimate of drug-likeness (QED) is 0.737. The van der Waals surface area contributed by atoms with E-state index in [1.165, 1.54) is 24.8 Å². The third-order valence-corrected chi connectivity index (χ3v) is 7.00. The SMILES string of the molecule is O=C1CC2(CCCCC2)N(Cc2ccccc2)CCCN(C(=O)NCc2ccco2)CCN1. The van der Waals surface area contributed by atoms with Crippen molar-refractivity contribution in [1.29, 1.82) is 0 Å². The van der Waals surface area contributed by atoms with Crippen LogP contribution in [-0.2, 0) is 17.9 Å². The smallest absolute Gasteiger partial charge is 0.317 e. The highest BCUT2D eigenvalue weighted by molar-refractivity contribution is 5.77. The van der Waals surface area contributed by atoms with Gasteiger partial charge < -0.3 is 20.0 Å². The van der Waals surface area contributed by atoms with Gasteiger partial charge >= 0.3 is 6.03 Å². The number of carbonyl (C=O) groups is 2. The summed E-state index contributed by atoms with van der Waals surface area (Å²) < 4.78 is 5.32. The first-order valence-electron chi connectivity index (χ1n) is 12.3. The predicted octanol–water partition coefficient (Wildman–Crippen LogP) is 3.91. The van der Waals surface area contributed by atoms with Gasteiger partial charge in [0.05, 0.1) is 12.8 Å². The van der Waals surface area contributed by atoms with Crippen LogP contribution in [0.15, 0.2) is 53.1 Å². The van der Waals surface area contributed by atoms with Crippen molar-refractivity contribution in [3.05, 3.63) is 60.1 Å². The Morgan fingerprint density at radius 2 is 1.82 bits per heavy atom. The molecule has 7 nitrogen and oxygen atoms in total. The number of carbonyl (C=O) groups excluding carboxylic acids is 2. The minimum Gasteiger partial charge on any atom is -0.467 e. The van der Waals surface area contributed by atoms with Gasteiger partial charge in [0.25, 0.3) is 0 Å². The zero-order valence-electron chi connectivity index (χ0n) is 19.4. The monoisotopic (exact) mass is 452 g/mol. The molecule has 1 spiro atoms. The van der Waals surface area contributed by atoms with Gasteiger partial charge in [-0.05, 0) is 37.0 Å². The van der Waals surface area contributed by atoms with Gasteiger partial charge in [-0.1, -0.05) is 49.6 Å². The molecule has 178 valence electrons. The molecule has 1 saturated heterocycles. The van der Waals surface area contributed by atoms with Crippen LogP contribution in [0.2, 0.25) is 0 Å². The van der Waals surface area contributed by atoms with E-state index in [1.807, 2.05) is 23.1 Å². The molecule has 2 N–H and O–H groups in total. The molecule has 2 fully saturated rings. The molecule has 7 heteroatoms. The van der Waals surface area contributed by atoms with E-state index < -0.39 is 0 Å². The number of amides is 3. The van der Waals surface area contributed by atoms with Crippen LogP contribution < -0.4 is 10.6 Å². The van der Waals surface area contributed by atoms with Gasteiger partial charge in [-0.2, -0.15) is 0 Å². The molecule has 4 rings (SSSR count). The fraction of sp³-hybridized carbons (Fsp3) is 0.538. The second-order valence-electron chi connectivity index (χ2n) is 9.30. The summed E-state index contributed by atoms with van der Waals surface area (Å²) in [6.07, 6.45) is 8.70. The normalized spacial score (nSPS) is 20.1. The van der Waals surface area contributed by atoms with Gasteiger partial charge in [0.1, 0.15) is 5.76 Å². The molecule has 2 aromatic rings. The summed E-state index contributed by atoms with van der Waals surface area (Å²) >= 11 is 0. The maximum Gasteiger partial charge on any atom is 0.317 e. The average Bonchev–Trinajstić information content (AvgIpc) is 3.35. The van der Waals surface area contributed by atoms with Gasteiger partial charge in [0, 0.05) is 44.7 Å². The summed E-state index contributed by atoms with van der Waals surface area (Å²) in [5.41, 5.74) is 1.17. The molecule has 2 heterocycles. The Labute approximate surface area is 196 Å². The number of nitrogens with one attached hydrogen (secondary N) is 2. The summed E-state index contributed by atoms with van der Waals surface area (Å²) in [5.74, 6) is 0.815. The number of furan rings is 1. The van der Waals surface area contributed by atoms with Crippen LogP contribution >= 0.6 is 0 Å². The van der Waals surface area contributed by atoms with E-state index in [1.54, 1.807) is 6.26 Å². The van der Waals surface area contributed by atoms with Crippen molar-refractivity contribution < 1.29 is 14.0 Å². The lowest BCUT2D eigenvalue weighted by molar-refractivity contribution is -0.125. The molecule has 0 unspecified atom stereocenters. The summed E-state index contributed by atoms with van der Waals surface area (Å²) in [6, 6.07) is 14.1. The molecule has 2 aliphatic rings. The Bertz CT molecular complexity index is 878. The molecule has 1 saturated carbocycles. The molecule has 1 aromatic carbocycles. The first-order valence-corrected chi connectivity index (χ1v) is 12.3. The van der Waals surface area contributed by atoms with Crippen molar-refractivity contribution in [1.82, 2.24) is 20.4 Å². The maximum absolute atomic E-state index is 13.0. The van der Waals surface area contributed by atoms with E-state index in [9.17, 15) is 9.59 Å². The molecular formula is C26H36N4O3. The Morgan fingerprint density at radius 3 is 2.58 bits per heavy atom. The predicted molar refractivity (Wildman–Crippen MR) is 127 cm³/mol. The van der Waals surface area contributed by atoms with E-state index in [-0.39, 0.29) is 17.5 Å². The summed E-state index contributed by atoms with van der Waals surface area (Å²) in [6.45, 7) is 3.69. The molecule has 0 radical (unpaired) electrons. The van der Waals surface area contributed by atoms with Gasteiger partial charge in [-0.15, -0.1) is 0 Å². The number of nitrogens with zero attached hydrogens (tertiary/aromatic N) is 2. The zero-order chi connectivity index (χ0) is 22.9. The fourth-order valence-corrected chi connectivity index (χ4v) is 5.25. The molecule has 33 heavy (non-hydrogen) atoms. The van der Waals surface area contributed by atoms with Gasteiger partial charge in [0.2, 0.25) is 5.91 Å². The second-order valence-corrected chi connectivity index (χ2v) is 9.30. The summed E-state index contributed by atoms with van der Waals surface area (Å²) in [5, 5.41) is 6.03. The number of hydrogen-bond donors (Lipinski definition) is 2. The van der Waals surface area contributed by atoms with E-state index in [0.717, 1.165) is 38.1 Å². The third-order valence-electron chi connectivity index (χ3n) is 7.00. The third kappa shape index (κ3) is 6.38. The number of hydrogen-bond acceptors (Lipinski definition) is 4. The molecule has 1 aliphatic heterocycles. The first-order chi connectivity index (χ1) is 16.1. The Hall–Kier alpha value is -2.80. The first kappa shape index (κ1) is 23.4. The number of rotatable bonds is 4. The minimum absolute atomic E-state index is 0.0906. The van der Waals surface area contributed by atoms with Crippen molar-refractivity contribution in [2.45, 2.75) is 63.6 Å². The topological polar surface area (TPSA) is 77.8 Å². The van der Waals surface area contributed by atoms with E-state index in [2.05, 4.69) is 39.8 Å². The zero-order valence-corrected chi connectivity index (χ0v) is 19.4. The average molecular weight is 453 g/mol. The van der Waals surface area contributed by atoms with Crippen LogP contribution in [0.1, 0.15) is 56.3 Å². The largest absolute Gasteiger partial charge is 0.467 e. The fourth-order valence-electron chi connectivity index (χ4n) is 5.25. The molecule has 1 aromatic heterocycles. The van der Waals surface area contributed by atoms with Crippen LogP contribution in [0.3, 0.4) is 0 Å². The van der Waals surface area contributed by atoms with E-state index in [0.29, 0.717) is 32.6 Å². The highest BCUT2D eigenvalue weighted by Crippen LogP contribution is 2.38. The van der Waals surface area contributed by atoms with Crippen molar-refractivity contribution >= 4 is 11.9 Å². The summed E-state index contributed by atoms with van der Waals surface area (Å²) in [7, 11) is 0. The van der Waals surface area contributed by atoms with Gasteiger partial charge in [0.15, 0.2) is 0 Å². The van der Waals surface area contributed by atoms with Gasteiger partial charge in [-0.3, -0.25) is 9.69 Å². The lowest BCUT2D eigenvalue weighted by atomic mass is 9.77. The summed E-state index contributed by atoms with van der Waals surface area (Å²) in [4.78, 5) is 30.2. The van der Waals surface area contributed by atoms with Gasteiger partial charge in [-0.25, -0.2) is 4.79 Å². The lowest BCUT2D eigenvalue weighted by Gasteiger charge is -2.46. The van der Waals surface area contributed by atoms with E-state index >= 15 is 0 Å². The Kier molecular flexibility index (Phi) is 8.05. The number of urea groups is 1. The molecule has 0 atom stereocenters. The highest BCUT2D eigenvalue weighted by Gasteiger charge is 2.39. The van der Waals surface area contributed by atoms with Crippen LogP contribution in [0, 0.1) is 0 Å². The Balaban J connectivity index is 1.47. The van der Waals surface area contributed by atoms with Crippen molar-refractivity contribution in [2.75, 3.05) is 26.2 Å². The molecule has 3 amide bonds. The standard InChI is InChI=1S/C26H36N4O3/c31-24-19-26(12-5-2-6-13-26)30(21-22-9-3-1-4-10-22)16-8-15-29(17-14-27-24)25(32)28-20-23-11-7-18-33-23/h1,3-4,7,9-11,18H,2,5-6,8,12-17,19-21H2,(H,27,31)(H,28,32). The van der Waals surface area contributed by atoms with E-state index in [4.69, 9.17) is 4.42 Å². The molecule has 0 bridgehead atoms. The van der Waals surface area contributed by atoms with Crippen LogP contribution in [-0.4, -0.2) is 53.5 Å². The highest BCUT2D eigenvalue weighted by atomic mass is 16.3. The van der Waals surface area contributed by atoms with Crippen LogP contribution in [0.25, 0.3) is 0 Å². The van der Waals surface area contributed by atoms with Crippen LogP contribution in [0.5, 0.6) is 0 Å².